The summed E-state index contributed by atoms with van der Waals surface area (Å²) in [6, 6.07) is -0.810. The second-order valence-electron chi connectivity index (χ2n) is 5.18. The number of hydrogen-bond donors (Lipinski definition) is 1. The van der Waals surface area contributed by atoms with E-state index in [9.17, 15) is 14.0 Å². The second kappa shape index (κ2) is 5.37. The van der Waals surface area contributed by atoms with Crippen molar-refractivity contribution in [1.29, 1.82) is 0 Å². The summed E-state index contributed by atoms with van der Waals surface area (Å²) in [6.45, 7) is 4.42. The molecule has 0 radical (unpaired) electrons. The maximum absolute atomic E-state index is 12.8. The Morgan fingerprint density at radius 3 is 2.61 bits per heavy atom. The van der Waals surface area contributed by atoms with Gasteiger partial charge in [-0.05, 0) is 20.8 Å². The molecule has 1 aliphatic heterocycles. The van der Waals surface area contributed by atoms with Crippen LogP contribution in [0.5, 0.6) is 0 Å². The third kappa shape index (κ3) is 3.72. The van der Waals surface area contributed by atoms with E-state index in [1.165, 1.54) is 6.08 Å². The van der Waals surface area contributed by atoms with Crippen molar-refractivity contribution < 1.29 is 23.8 Å². The van der Waals surface area contributed by atoms with Crippen LogP contribution in [0.3, 0.4) is 0 Å². The summed E-state index contributed by atoms with van der Waals surface area (Å²) in [5, 5.41) is 8.86. The molecular formula is C12H18FNO4. The Morgan fingerprint density at radius 1 is 1.56 bits per heavy atom. The third-order valence-electron chi connectivity index (χ3n) is 2.52. The van der Waals surface area contributed by atoms with Gasteiger partial charge in [0, 0.05) is 18.5 Å². The van der Waals surface area contributed by atoms with E-state index in [0.29, 0.717) is 5.57 Å². The fraction of sp³-hybridized carbons (Fsp3) is 0.667. The van der Waals surface area contributed by atoms with Gasteiger partial charge in [-0.3, -0.25) is 4.90 Å². The van der Waals surface area contributed by atoms with Gasteiger partial charge in [-0.15, -0.1) is 0 Å². The summed E-state index contributed by atoms with van der Waals surface area (Å²) in [5.41, 5.74) is -0.280. The minimum Gasteiger partial charge on any atom is -0.465 e. The number of rotatable bonds is 2. The van der Waals surface area contributed by atoms with Crippen LogP contribution < -0.4 is 0 Å². The summed E-state index contributed by atoms with van der Waals surface area (Å²) in [7, 11) is 0. The molecular weight excluding hydrogens is 241 g/mol. The molecule has 1 N–H and O–H groups in total. The molecule has 0 bridgehead atoms. The van der Waals surface area contributed by atoms with Gasteiger partial charge in [-0.2, -0.15) is 0 Å². The molecule has 1 heterocycles. The zero-order chi connectivity index (χ0) is 13.9. The first-order chi connectivity index (χ1) is 8.24. The lowest BCUT2D eigenvalue weighted by Crippen LogP contribution is -2.44. The van der Waals surface area contributed by atoms with Gasteiger partial charge >= 0.3 is 12.1 Å². The highest BCUT2D eigenvalue weighted by molar-refractivity contribution is 5.89. The quantitative estimate of drug-likeness (QED) is 0.770. The van der Waals surface area contributed by atoms with Crippen LogP contribution in [0.25, 0.3) is 0 Å². The summed E-state index contributed by atoms with van der Waals surface area (Å²) in [5.74, 6) is -0.508. The van der Waals surface area contributed by atoms with Crippen LogP contribution in [0.4, 0.5) is 9.18 Å². The molecule has 1 atom stereocenters. The standard InChI is InChI=1S/C12H18FNO4/c1-12(2,3)18-10(15)8-4-5-14(11(16)17)9(6-8)7-13/h4,9H,5-7H2,1-3H3,(H,16,17)/t9-/m0/s1. The Bertz CT molecular complexity index is 373. The normalized spacial score (nSPS) is 20.3. The number of halogens is 1. The van der Waals surface area contributed by atoms with Gasteiger partial charge in [0.15, 0.2) is 0 Å². The molecule has 0 unspecified atom stereocenters. The number of carbonyl (C=O) groups is 2. The van der Waals surface area contributed by atoms with Gasteiger partial charge in [-0.1, -0.05) is 6.08 Å². The highest BCUT2D eigenvalue weighted by Crippen LogP contribution is 2.21. The second-order valence-corrected chi connectivity index (χ2v) is 5.18. The maximum Gasteiger partial charge on any atom is 0.407 e. The number of nitrogens with zero attached hydrogens (tertiary/aromatic N) is 1. The average Bonchev–Trinajstić information content (AvgIpc) is 2.25. The zero-order valence-corrected chi connectivity index (χ0v) is 10.8. The smallest absolute Gasteiger partial charge is 0.407 e. The first kappa shape index (κ1) is 14.5. The van der Waals surface area contributed by atoms with Crippen molar-refractivity contribution in [1.82, 2.24) is 4.90 Å². The van der Waals surface area contributed by atoms with Crippen molar-refractivity contribution in [2.75, 3.05) is 13.2 Å². The fourth-order valence-corrected chi connectivity index (χ4v) is 1.69. The van der Waals surface area contributed by atoms with Gasteiger partial charge in [0.05, 0.1) is 6.04 Å². The minimum atomic E-state index is -1.18. The predicted octanol–water partition coefficient (Wildman–Crippen LogP) is 1.98. The van der Waals surface area contributed by atoms with Crippen molar-refractivity contribution in [3.63, 3.8) is 0 Å². The van der Waals surface area contributed by atoms with Gasteiger partial charge in [0.2, 0.25) is 0 Å². The van der Waals surface area contributed by atoms with Crippen LogP contribution in [-0.2, 0) is 9.53 Å². The molecule has 6 heteroatoms. The van der Waals surface area contributed by atoms with Crippen molar-refractivity contribution in [2.45, 2.75) is 38.8 Å². The van der Waals surface area contributed by atoms with Gasteiger partial charge < -0.3 is 9.84 Å². The number of alkyl halides is 1. The molecule has 0 saturated carbocycles. The van der Waals surface area contributed by atoms with Crippen molar-refractivity contribution in [3.8, 4) is 0 Å². The van der Waals surface area contributed by atoms with E-state index in [-0.39, 0.29) is 13.0 Å². The lowest BCUT2D eigenvalue weighted by molar-refractivity contribution is -0.150. The number of carbonyl (C=O) groups excluding carboxylic acids is 1. The third-order valence-corrected chi connectivity index (χ3v) is 2.52. The monoisotopic (exact) mass is 259 g/mol. The van der Waals surface area contributed by atoms with E-state index >= 15 is 0 Å². The molecule has 102 valence electrons. The first-order valence-corrected chi connectivity index (χ1v) is 5.72. The lowest BCUT2D eigenvalue weighted by atomic mass is 10.0. The van der Waals surface area contributed by atoms with Gasteiger partial charge in [0.25, 0.3) is 0 Å². The SMILES string of the molecule is CC(C)(C)OC(=O)C1=CCN(C(=O)O)[C@H](CF)C1. The molecule has 1 amide bonds. The lowest BCUT2D eigenvalue weighted by Gasteiger charge is -2.31. The number of carboxylic acid groups (broad SMARTS) is 1. The van der Waals surface area contributed by atoms with Crippen molar-refractivity contribution in [2.24, 2.45) is 0 Å². The number of ether oxygens (including phenoxy) is 1. The molecule has 0 aromatic heterocycles. The highest BCUT2D eigenvalue weighted by atomic mass is 19.1. The van der Waals surface area contributed by atoms with Crippen LogP contribution in [0.2, 0.25) is 0 Å². The summed E-state index contributed by atoms with van der Waals surface area (Å²) in [6.07, 6.45) is 0.351. The van der Waals surface area contributed by atoms with E-state index in [1.54, 1.807) is 20.8 Å². The van der Waals surface area contributed by atoms with Gasteiger partial charge in [0.1, 0.15) is 12.3 Å². The molecule has 0 aliphatic carbocycles. The molecule has 0 saturated heterocycles. The van der Waals surface area contributed by atoms with E-state index < -0.39 is 30.4 Å². The van der Waals surface area contributed by atoms with Crippen molar-refractivity contribution >= 4 is 12.1 Å². The number of esters is 1. The van der Waals surface area contributed by atoms with Crippen LogP contribution in [0.1, 0.15) is 27.2 Å². The average molecular weight is 259 g/mol. The zero-order valence-electron chi connectivity index (χ0n) is 10.8. The van der Waals surface area contributed by atoms with Gasteiger partial charge in [-0.25, -0.2) is 14.0 Å². The number of amides is 1. The van der Waals surface area contributed by atoms with E-state index in [0.717, 1.165) is 4.90 Å². The van der Waals surface area contributed by atoms with E-state index in [4.69, 9.17) is 9.84 Å². The molecule has 5 nitrogen and oxygen atoms in total. The Kier molecular flexibility index (Phi) is 4.32. The van der Waals surface area contributed by atoms with E-state index in [2.05, 4.69) is 0 Å². The first-order valence-electron chi connectivity index (χ1n) is 5.72. The Labute approximate surface area is 105 Å². The van der Waals surface area contributed by atoms with Crippen molar-refractivity contribution in [3.05, 3.63) is 11.6 Å². The van der Waals surface area contributed by atoms with Crippen LogP contribution >= 0.6 is 0 Å². The molecule has 0 aromatic rings. The Morgan fingerprint density at radius 2 is 2.17 bits per heavy atom. The maximum atomic E-state index is 12.8. The largest absolute Gasteiger partial charge is 0.465 e. The molecule has 1 aliphatic rings. The van der Waals surface area contributed by atoms with Crippen LogP contribution in [0, 0.1) is 0 Å². The van der Waals surface area contributed by atoms with E-state index in [1.807, 2.05) is 0 Å². The summed E-state index contributed by atoms with van der Waals surface area (Å²) >= 11 is 0. The molecule has 1 rings (SSSR count). The molecule has 18 heavy (non-hydrogen) atoms. The highest BCUT2D eigenvalue weighted by Gasteiger charge is 2.31. The Hall–Kier alpha value is -1.59. The summed E-state index contributed by atoms with van der Waals surface area (Å²) < 4.78 is 17.9. The molecule has 0 spiro atoms. The molecule has 0 aromatic carbocycles. The molecule has 0 fully saturated rings. The minimum absolute atomic E-state index is 0.0124. The van der Waals surface area contributed by atoms with Crippen LogP contribution in [0.15, 0.2) is 11.6 Å². The fourth-order valence-electron chi connectivity index (χ4n) is 1.69. The van der Waals surface area contributed by atoms with Crippen LogP contribution in [-0.4, -0.2) is 46.9 Å². The predicted molar refractivity (Wildman–Crippen MR) is 63.0 cm³/mol. The topological polar surface area (TPSA) is 66.8 Å². The number of hydrogen-bond acceptors (Lipinski definition) is 3. The summed E-state index contributed by atoms with van der Waals surface area (Å²) in [4.78, 5) is 23.6. The Balaban J connectivity index is 2.76.